The minimum atomic E-state index is -0.722. The van der Waals surface area contributed by atoms with Crippen LogP contribution >= 0.6 is 0 Å². The van der Waals surface area contributed by atoms with Crippen molar-refractivity contribution in [3.8, 4) is 0 Å². The Morgan fingerprint density at radius 2 is 2.33 bits per heavy atom. The van der Waals surface area contributed by atoms with Crippen LogP contribution in [0.3, 0.4) is 0 Å². The average Bonchev–Trinajstić information content (AvgIpc) is 3.13. The molecule has 1 aromatic heterocycles. The number of rotatable bonds is 6. The van der Waals surface area contributed by atoms with Gasteiger partial charge in [0.25, 0.3) is 11.6 Å². The lowest BCUT2D eigenvalue weighted by Gasteiger charge is -2.08. The van der Waals surface area contributed by atoms with Crippen LogP contribution in [-0.4, -0.2) is 22.4 Å². The number of carbonyl (C=O) groups is 1. The zero-order valence-corrected chi connectivity index (χ0v) is 9.76. The summed E-state index contributed by atoms with van der Waals surface area (Å²) in [7, 11) is 0. The molecule has 1 aliphatic carbocycles. The quantitative estimate of drug-likeness (QED) is 0.583. The van der Waals surface area contributed by atoms with Crippen molar-refractivity contribution < 1.29 is 9.72 Å². The van der Waals surface area contributed by atoms with Gasteiger partial charge in [-0.1, -0.05) is 12.8 Å². The van der Waals surface area contributed by atoms with Gasteiger partial charge < -0.3 is 11.1 Å². The molecule has 0 bridgehead atoms. The number of amides is 1. The van der Waals surface area contributed by atoms with E-state index in [0.717, 1.165) is 24.6 Å². The number of carbonyl (C=O) groups excluding carboxylic acids is 1. The summed E-state index contributed by atoms with van der Waals surface area (Å²) < 4.78 is 0. The predicted molar refractivity (Wildman–Crippen MR) is 65.2 cm³/mol. The molecule has 0 spiro atoms. The third-order valence-corrected chi connectivity index (χ3v) is 2.89. The fraction of sp³-hybridized carbons (Fsp3) is 0.455. The highest BCUT2D eigenvalue weighted by atomic mass is 16.6. The maximum absolute atomic E-state index is 11.2. The van der Waals surface area contributed by atoms with Crippen molar-refractivity contribution in [1.29, 1.82) is 0 Å². The molecule has 1 fully saturated rings. The number of nitrogens with zero attached hydrogens (tertiary/aromatic N) is 2. The number of pyridine rings is 1. The Balaban J connectivity index is 2.11. The van der Waals surface area contributed by atoms with Gasteiger partial charge in [-0.2, -0.15) is 0 Å². The van der Waals surface area contributed by atoms with Gasteiger partial charge in [-0.3, -0.25) is 14.9 Å². The molecule has 18 heavy (non-hydrogen) atoms. The molecule has 3 N–H and O–H groups in total. The van der Waals surface area contributed by atoms with E-state index in [2.05, 4.69) is 10.3 Å². The third-order valence-electron chi connectivity index (χ3n) is 2.89. The summed E-state index contributed by atoms with van der Waals surface area (Å²) in [6.07, 6.45) is 4.62. The summed E-state index contributed by atoms with van der Waals surface area (Å²) in [5, 5.41) is 13.6. The Morgan fingerprint density at radius 1 is 1.61 bits per heavy atom. The van der Waals surface area contributed by atoms with Gasteiger partial charge in [0.1, 0.15) is 12.0 Å². The third kappa shape index (κ3) is 2.93. The number of aromatic nitrogens is 1. The van der Waals surface area contributed by atoms with Crippen molar-refractivity contribution in [3.63, 3.8) is 0 Å². The molecule has 7 nitrogen and oxygen atoms in total. The number of nitrogens with one attached hydrogen (secondary N) is 1. The zero-order valence-electron chi connectivity index (χ0n) is 9.76. The fourth-order valence-electron chi connectivity index (χ4n) is 1.68. The van der Waals surface area contributed by atoms with E-state index in [1.165, 1.54) is 12.8 Å². The van der Waals surface area contributed by atoms with Gasteiger partial charge in [0.2, 0.25) is 0 Å². The predicted octanol–water partition coefficient (Wildman–Crippen LogP) is 1.30. The molecule has 1 aliphatic rings. The largest absolute Gasteiger partial charge is 0.369 e. The standard InChI is InChI=1S/C11H14N4O3/c12-10(16)9-5-8(15(17)18)6-14-11(9)13-4-3-7-1-2-7/h5-7H,1-4H2,(H2,12,16)(H,13,14). The van der Waals surface area contributed by atoms with Crippen molar-refractivity contribution in [2.75, 3.05) is 11.9 Å². The Morgan fingerprint density at radius 3 is 2.89 bits per heavy atom. The summed E-state index contributed by atoms with van der Waals surface area (Å²) in [5.41, 5.74) is 5.00. The van der Waals surface area contributed by atoms with E-state index in [0.29, 0.717) is 12.4 Å². The minimum Gasteiger partial charge on any atom is -0.369 e. The van der Waals surface area contributed by atoms with E-state index in [9.17, 15) is 14.9 Å². The van der Waals surface area contributed by atoms with Crippen LogP contribution in [0, 0.1) is 16.0 Å². The van der Waals surface area contributed by atoms with Crippen molar-refractivity contribution in [1.82, 2.24) is 4.98 Å². The van der Waals surface area contributed by atoms with Crippen LogP contribution in [0.1, 0.15) is 29.6 Å². The molecule has 1 saturated carbocycles. The first kappa shape index (κ1) is 12.3. The van der Waals surface area contributed by atoms with Crippen molar-refractivity contribution in [2.45, 2.75) is 19.3 Å². The zero-order chi connectivity index (χ0) is 13.1. The van der Waals surface area contributed by atoms with Crippen LogP contribution in [0.15, 0.2) is 12.3 Å². The molecule has 0 aromatic carbocycles. The lowest BCUT2D eigenvalue weighted by atomic mass is 10.2. The molecule has 0 unspecified atom stereocenters. The topological polar surface area (TPSA) is 111 Å². The Bertz CT molecular complexity index is 485. The van der Waals surface area contributed by atoms with Crippen LogP contribution in [0.4, 0.5) is 11.5 Å². The summed E-state index contributed by atoms with van der Waals surface area (Å²) in [5.74, 6) is 0.349. The molecule has 0 radical (unpaired) electrons. The highest BCUT2D eigenvalue weighted by molar-refractivity contribution is 5.98. The van der Waals surface area contributed by atoms with Crippen LogP contribution < -0.4 is 11.1 Å². The normalized spacial score (nSPS) is 14.2. The van der Waals surface area contributed by atoms with Crippen LogP contribution in [-0.2, 0) is 0 Å². The number of primary amides is 1. The van der Waals surface area contributed by atoms with Crippen LogP contribution in [0.5, 0.6) is 0 Å². The molecule has 96 valence electrons. The number of anilines is 1. The van der Waals surface area contributed by atoms with Gasteiger partial charge in [-0.15, -0.1) is 0 Å². The highest BCUT2D eigenvalue weighted by Gasteiger charge is 2.21. The number of nitro groups is 1. The smallest absolute Gasteiger partial charge is 0.288 e. The molecular formula is C11H14N4O3. The van der Waals surface area contributed by atoms with E-state index in [1.807, 2.05) is 0 Å². The molecule has 0 aliphatic heterocycles. The molecule has 2 rings (SSSR count). The summed E-state index contributed by atoms with van der Waals surface area (Å²) >= 11 is 0. The summed E-state index contributed by atoms with van der Waals surface area (Å²) in [6, 6.07) is 1.15. The van der Waals surface area contributed by atoms with Crippen LogP contribution in [0.2, 0.25) is 0 Å². The Hall–Kier alpha value is -2.18. The first-order valence-corrected chi connectivity index (χ1v) is 5.76. The number of hydrogen-bond donors (Lipinski definition) is 2. The van der Waals surface area contributed by atoms with Gasteiger partial charge >= 0.3 is 0 Å². The van der Waals surface area contributed by atoms with Crippen molar-refractivity contribution >= 4 is 17.4 Å². The van der Waals surface area contributed by atoms with Gasteiger partial charge in [0.15, 0.2) is 0 Å². The molecule has 1 amide bonds. The maximum atomic E-state index is 11.2. The van der Waals surface area contributed by atoms with Crippen molar-refractivity contribution in [2.24, 2.45) is 11.7 Å². The van der Waals surface area contributed by atoms with Gasteiger partial charge in [-0.25, -0.2) is 4.98 Å². The maximum Gasteiger partial charge on any atom is 0.288 e. The van der Waals surface area contributed by atoms with Crippen molar-refractivity contribution in [3.05, 3.63) is 27.9 Å². The lowest BCUT2D eigenvalue weighted by molar-refractivity contribution is -0.385. The second-order valence-corrected chi connectivity index (χ2v) is 4.37. The molecule has 1 aromatic rings. The highest BCUT2D eigenvalue weighted by Crippen LogP contribution is 2.32. The number of nitrogens with two attached hydrogens (primary N) is 1. The van der Waals surface area contributed by atoms with E-state index in [4.69, 9.17) is 5.73 Å². The number of hydrogen-bond acceptors (Lipinski definition) is 5. The molecule has 7 heteroatoms. The van der Waals surface area contributed by atoms with E-state index >= 15 is 0 Å². The van der Waals surface area contributed by atoms with Gasteiger partial charge in [0.05, 0.1) is 10.5 Å². The average molecular weight is 250 g/mol. The molecule has 0 atom stereocenters. The first-order valence-electron chi connectivity index (χ1n) is 5.76. The fourth-order valence-corrected chi connectivity index (χ4v) is 1.68. The molecular weight excluding hydrogens is 236 g/mol. The molecule has 1 heterocycles. The van der Waals surface area contributed by atoms with E-state index in [1.54, 1.807) is 0 Å². The second-order valence-electron chi connectivity index (χ2n) is 4.37. The Labute approximate surface area is 104 Å². The van der Waals surface area contributed by atoms with Gasteiger partial charge in [-0.05, 0) is 12.3 Å². The van der Waals surface area contributed by atoms with Crippen LogP contribution in [0.25, 0.3) is 0 Å². The monoisotopic (exact) mass is 250 g/mol. The lowest BCUT2D eigenvalue weighted by Crippen LogP contribution is -2.16. The first-order chi connectivity index (χ1) is 8.58. The minimum absolute atomic E-state index is 0.0556. The van der Waals surface area contributed by atoms with E-state index in [-0.39, 0.29) is 11.3 Å². The van der Waals surface area contributed by atoms with E-state index < -0.39 is 10.8 Å². The SMILES string of the molecule is NC(=O)c1cc([N+](=O)[O-])cnc1NCCC1CC1. The second kappa shape index (κ2) is 4.99. The molecule has 0 saturated heterocycles. The Kier molecular flexibility index (Phi) is 3.40. The summed E-state index contributed by atoms with van der Waals surface area (Å²) in [6.45, 7) is 0.690. The van der Waals surface area contributed by atoms with Gasteiger partial charge in [0, 0.05) is 12.6 Å². The summed E-state index contributed by atoms with van der Waals surface area (Å²) in [4.78, 5) is 25.1.